The second kappa shape index (κ2) is 6.53. The van der Waals surface area contributed by atoms with Crippen LogP contribution in [-0.2, 0) is 24.9 Å². The van der Waals surface area contributed by atoms with Crippen LogP contribution in [0.4, 0.5) is 5.95 Å². The van der Waals surface area contributed by atoms with E-state index in [0.29, 0.717) is 30.8 Å². The second-order valence-corrected chi connectivity index (χ2v) is 4.96. The van der Waals surface area contributed by atoms with Crippen LogP contribution in [0.5, 0.6) is 0 Å². The van der Waals surface area contributed by atoms with E-state index in [2.05, 4.69) is 30.5 Å². The van der Waals surface area contributed by atoms with Crippen LogP contribution in [0, 0.1) is 6.92 Å². The van der Waals surface area contributed by atoms with E-state index in [4.69, 9.17) is 9.26 Å². The first-order valence-corrected chi connectivity index (χ1v) is 7.03. The number of nitrogens with zero attached hydrogens (tertiary/aromatic N) is 6. The number of hydrogen-bond acceptors (Lipinski definition) is 8. The highest BCUT2D eigenvalue weighted by Gasteiger charge is 2.10. The lowest BCUT2D eigenvalue weighted by Crippen LogP contribution is -2.04. The Kier molecular flexibility index (Phi) is 4.29. The Morgan fingerprint density at radius 3 is 2.96 bits per heavy atom. The van der Waals surface area contributed by atoms with E-state index in [9.17, 15) is 0 Å². The molecule has 0 amide bonds. The zero-order chi connectivity index (χ0) is 16.2. The normalized spacial score (nSPS) is 10.9. The average molecular weight is 315 g/mol. The van der Waals surface area contributed by atoms with Gasteiger partial charge in [0.05, 0.1) is 17.9 Å². The SMILES string of the molecule is COCc1noc(CNc2nccc(-c3cn(C)nc3C)n2)n1. The van der Waals surface area contributed by atoms with Gasteiger partial charge in [-0.3, -0.25) is 4.68 Å². The molecule has 0 radical (unpaired) electrons. The molecule has 0 unspecified atom stereocenters. The summed E-state index contributed by atoms with van der Waals surface area (Å²) in [6.45, 7) is 2.60. The van der Waals surface area contributed by atoms with Gasteiger partial charge in [-0.05, 0) is 13.0 Å². The van der Waals surface area contributed by atoms with E-state index < -0.39 is 0 Å². The van der Waals surface area contributed by atoms with Gasteiger partial charge in [-0.15, -0.1) is 0 Å². The van der Waals surface area contributed by atoms with Gasteiger partial charge in [-0.1, -0.05) is 5.16 Å². The maximum atomic E-state index is 5.10. The Labute approximate surface area is 132 Å². The maximum Gasteiger partial charge on any atom is 0.246 e. The molecule has 3 aromatic heterocycles. The molecular weight excluding hydrogens is 298 g/mol. The number of ether oxygens (including phenoxy) is 1. The molecule has 0 aromatic carbocycles. The zero-order valence-electron chi connectivity index (χ0n) is 13.1. The van der Waals surface area contributed by atoms with Crippen LogP contribution in [0.3, 0.4) is 0 Å². The van der Waals surface area contributed by atoms with Gasteiger partial charge in [-0.25, -0.2) is 9.97 Å². The first kappa shape index (κ1) is 15.1. The van der Waals surface area contributed by atoms with Crippen molar-refractivity contribution < 1.29 is 9.26 Å². The smallest absolute Gasteiger partial charge is 0.246 e. The lowest BCUT2D eigenvalue weighted by Gasteiger charge is -2.03. The highest BCUT2D eigenvalue weighted by molar-refractivity contribution is 5.61. The minimum absolute atomic E-state index is 0.315. The highest BCUT2D eigenvalue weighted by Crippen LogP contribution is 2.20. The summed E-state index contributed by atoms with van der Waals surface area (Å²) in [5.74, 6) is 1.44. The van der Waals surface area contributed by atoms with Crippen molar-refractivity contribution in [2.24, 2.45) is 7.05 Å². The predicted octanol–water partition coefficient (Wildman–Crippen LogP) is 1.33. The molecule has 0 bridgehead atoms. The number of anilines is 1. The van der Waals surface area contributed by atoms with Gasteiger partial charge >= 0.3 is 0 Å². The van der Waals surface area contributed by atoms with E-state index >= 15 is 0 Å². The summed E-state index contributed by atoms with van der Waals surface area (Å²) in [6.07, 6.45) is 3.62. The molecule has 0 fully saturated rings. The first-order valence-electron chi connectivity index (χ1n) is 7.03. The van der Waals surface area contributed by atoms with Crippen LogP contribution in [0.15, 0.2) is 23.0 Å². The third-order valence-corrected chi connectivity index (χ3v) is 3.13. The fraction of sp³-hybridized carbons (Fsp3) is 0.357. The van der Waals surface area contributed by atoms with Crippen molar-refractivity contribution in [3.05, 3.63) is 35.9 Å². The van der Waals surface area contributed by atoms with Crippen LogP contribution in [0.25, 0.3) is 11.3 Å². The molecule has 3 rings (SSSR count). The zero-order valence-corrected chi connectivity index (χ0v) is 13.1. The van der Waals surface area contributed by atoms with Gasteiger partial charge in [0.2, 0.25) is 11.8 Å². The molecule has 23 heavy (non-hydrogen) atoms. The molecule has 120 valence electrons. The molecule has 9 heteroatoms. The number of nitrogens with one attached hydrogen (secondary N) is 1. The van der Waals surface area contributed by atoms with Crippen molar-refractivity contribution in [2.75, 3.05) is 12.4 Å². The van der Waals surface area contributed by atoms with Gasteiger partial charge in [0.1, 0.15) is 6.61 Å². The number of aryl methyl sites for hydroxylation is 2. The number of rotatable bonds is 6. The molecular formula is C14H17N7O2. The van der Waals surface area contributed by atoms with Crippen LogP contribution >= 0.6 is 0 Å². The number of methoxy groups -OCH3 is 1. The highest BCUT2D eigenvalue weighted by atomic mass is 16.5. The Bertz CT molecular complexity index is 796. The molecule has 0 spiro atoms. The van der Waals surface area contributed by atoms with Crippen molar-refractivity contribution >= 4 is 5.95 Å². The quantitative estimate of drug-likeness (QED) is 0.726. The van der Waals surface area contributed by atoms with Crippen molar-refractivity contribution in [3.8, 4) is 11.3 Å². The molecule has 0 atom stereocenters. The second-order valence-electron chi connectivity index (χ2n) is 4.96. The van der Waals surface area contributed by atoms with Gasteiger partial charge in [0.25, 0.3) is 0 Å². The van der Waals surface area contributed by atoms with Gasteiger partial charge in [0.15, 0.2) is 5.82 Å². The van der Waals surface area contributed by atoms with E-state index in [-0.39, 0.29) is 0 Å². The molecule has 1 N–H and O–H groups in total. The van der Waals surface area contributed by atoms with Crippen LogP contribution in [0.2, 0.25) is 0 Å². The Hall–Kier alpha value is -2.81. The monoisotopic (exact) mass is 315 g/mol. The molecule has 0 aliphatic heterocycles. The van der Waals surface area contributed by atoms with Gasteiger partial charge in [-0.2, -0.15) is 10.1 Å². The summed E-state index contributed by atoms with van der Waals surface area (Å²) in [7, 11) is 3.46. The van der Waals surface area contributed by atoms with Gasteiger partial charge < -0.3 is 14.6 Å². The Morgan fingerprint density at radius 2 is 2.22 bits per heavy atom. The standard InChI is InChI=1S/C14H17N7O2/c1-9-10(7-21(2)19-9)11-4-5-15-14(17-11)16-6-13-18-12(8-22-3)20-23-13/h4-5,7H,6,8H2,1-3H3,(H,15,16,17). The van der Waals surface area contributed by atoms with Crippen molar-refractivity contribution in [1.82, 2.24) is 29.9 Å². The van der Waals surface area contributed by atoms with Crippen molar-refractivity contribution in [1.29, 1.82) is 0 Å². The van der Waals surface area contributed by atoms with Gasteiger partial charge in [0, 0.05) is 32.1 Å². The fourth-order valence-corrected chi connectivity index (χ4v) is 2.15. The predicted molar refractivity (Wildman–Crippen MR) is 81.3 cm³/mol. The lowest BCUT2D eigenvalue weighted by molar-refractivity contribution is 0.174. The van der Waals surface area contributed by atoms with Crippen molar-refractivity contribution in [3.63, 3.8) is 0 Å². The summed E-state index contributed by atoms with van der Waals surface area (Å²) >= 11 is 0. The summed E-state index contributed by atoms with van der Waals surface area (Å²) in [5, 5.41) is 11.2. The van der Waals surface area contributed by atoms with E-state index in [1.807, 2.05) is 26.2 Å². The van der Waals surface area contributed by atoms with Crippen LogP contribution < -0.4 is 5.32 Å². The summed E-state index contributed by atoms with van der Waals surface area (Å²) < 4.78 is 11.8. The van der Waals surface area contributed by atoms with Crippen LogP contribution in [0.1, 0.15) is 17.4 Å². The molecule has 3 aromatic rings. The molecule has 9 nitrogen and oxygen atoms in total. The molecule has 0 aliphatic carbocycles. The van der Waals surface area contributed by atoms with E-state index in [0.717, 1.165) is 17.0 Å². The number of aromatic nitrogens is 6. The third-order valence-electron chi connectivity index (χ3n) is 3.13. The van der Waals surface area contributed by atoms with Crippen molar-refractivity contribution in [2.45, 2.75) is 20.1 Å². The fourth-order valence-electron chi connectivity index (χ4n) is 2.15. The topological polar surface area (TPSA) is 104 Å². The molecule has 0 saturated carbocycles. The summed E-state index contributed by atoms with van der Waals surface area (Å²) in [4.78, 5) is 12.9. The van der Waals surface area contributed by atoms with Crippen LogP contribution in [-0.4, -0.2) is 37.0 Å². The minimum Gasteiger partial charge on any atom is -0.377 e. The minimum atomic E-state index is 0.315. The largest absolute Gasteiger partial charge is 0.377 e. The lowest BCUT2D eigenvalue weighted by atomic mass is 10.2. The number of hydrogen-bond donors (Lipinski definition) is 1. The maximum absolute atomic E-state index is 5.10. The Balaban J connectivity index is 1.71. The third kappa shape index (κ3) is 3.51. The summed E-state index contributed by atoms with van der Waals surface area (Å²) in [5.41, 5.74) is 2.69. The first-order chi connectivity index (χ1) is 11.2. The molecule has 3 heterocycles. The van der Waals surface area contributed by atoms with E-state index in [1.54, 1.807) is 18.0 Å². The average Bonchev–Trinajstić information content (AvgIpc) is 3.12. The molecule has 0 saturated heterocycles. The summed E-state index contributed by atoms with van der Waals surface area (Å²) in [6, 6.07) is 1.85. The van der Waals surface area contributed by atoms with E-state index in [1.165, 1.54) is 0 Å². The molecule has 0 aliphatic rings. The Morgan fingerprint density at radius 1 is 1.35 bits per heavy atom.